The number of thiazole rings is 1. The van der Waals surface area contributed by atoms with Crippen LogP contribution >= 0.6 is 11.3 Å². The number of carbonyl (C=O) groups excluding carboxylic acids is 1. The van der Waals surface area contributed by atoms with Crippen LogP contribution in [0.1, 0.15) is 39.5 Å². The van der Waals surface area contributed by atoms with Gasteiger partial charge in [-0.3, -0.25) is 0 Å². The molecular formula is C15H12F3N3O2S. The molecule has 0 unspecified atom stereocenters. The largest absolute Gasteiger partial charge is 0.453 e. The second-order valence-corrected chi connectivity index (χ2v) is 6.14. The van der Waals surface area contributed by atoms with Crippen LogP contribution in [0.2, 0.25) is 0 Å². The molecule has 24 heavy (non-hydrogen) atoms. The number of hydrogen-bond donors (Lipinski definition) is 0. The quantitative estimate of drug-likeness (QED) is 0.666. The number of fused-ring (bicyclic) bond motifs is 1. The number of alkyl halides is 3. The zero-order chi connectivity index (χ0) is 17.5. The summed E-state index contributed by atoms with van der Waals surface area (Å²) in [6.07, 6.45) is -3.72. The van der Waals surface area contributed by atoms with Crippen molar-refractivity contribution in [1.82, 2.24) is 14.6 Å². The third-order valence-corrected chi connectivity index (χ3v) is 4.78. The van der Waals surface area contributed by atoms with Crippen LogP contribution in [0.4, 0.5) is 13.2 Å². The topological polar surface area (TPSA) is 56.5 Å². The Morgan fingerprint density at radius 1 is 1.38 bits per heavy atom. The average molecular weight is 355 g/mol. The molecule has 3 rings (SSSR count). The van der Waals surface area contributed by atoms with Crippen LogP contribution in [0.25, 0.3) is 4.96 Å². The van der Waals surface area contributed by atoms with E-state index in [1.165, 1.54) is 29.8 Å². The molecule has 0 radical (unpaired) electrons. The zero-order valence-electron chi connectivity index (χ0n) is 12.7. The minimum absolute atomic E-state index is 0.145. The van der Waals surface area contributed by atoms with Crippen molar-refractivity contribution in [2.75, 3.05) is 0 Å². The molecule has 126 valence electrons. The second kappa shape index (κ2) is 5.90. The molecule has 3 aromatic rings. The van der Waals surface area contributed by atoms with Crippen LogP contribution in [0.5, 0.6) is 0 Å². The van der Waals surface area contributed by atoms with Gasteiger partial charge in [0, 0.05) is 0 Å². The van der Waals surface area contributed by atoms with E-state index >= 15 is 0 Å². The summed E-state index contributed by atoms with van der Waals surface area (Å²) in [6, 6.07) is 4.16. The highest BCUT2D eigenvalue weighted by atomic mass is 32.1. The Hall–Kier alpha value is -2.42. The Balaban J connectivity index is 1.81. The number of hydrogen-bond acceptors (Lipinski definition) is 5. The summed E-state index contributed by atoms with van der Waals surface area (Å²) in [5, 5.41) is 4.05. The van der Waals surface area contributed by atoms with Gasteiger partial charge in [0.1, 0.15) is 12.4 Å². The van der Waals surface area contributed by atoms with E-state index in [1.54, 1.807) is 11.4 Å². The van der Waals surface area contributed by atoms with E-state index < -0.39 is 23.8 Å². The number of halogens is 3. The van der Waals surface area contributed by atoms with Crippen molar-refractivity contribution in [3.8, 4) is 0 Å². The predicted octanol–water partition coefficient (Wildman–Crippen LogP) is 4.04. The first-order valence-electron chi connectivity index (χ1n) is 6.94. The van der Waals surface area contributed by atoms with Crippen LogP contribution in [0, 0.1) is 6.92 Å². The van der Waals surface area contributed by atoms with Crippen LogP contribution in [0.3, 0.4) is 0 Å². The van der Waals surface area contributed by atoms with Crippen molar-refractivity contribution in [1.29, 1.82) is 0 Å². The molecule has 0 amide bonds. The van der Waals surface area contributed by atoms with Gasteiger partial charge in [-0.05, 0) is 32.0 Å². The van der Waals surface area contributed by atoms with Gasteiger partial charge in [0.2, 0.25) is 4.96 Å². The predicted molar refractivity (Wildman–Crippen MR) is 80.9 cm³/mol. The number of esters is 1. The second-order valence-electron chi connectivity index (χ2n) is 5.13. The Labute approximate surface area is 138 Å². The third-order valence-electron chi connectivity index (χ3n) is 3.47. The van der Waals surface area contributed by atoms with Crippen molar-refractivity contribution in [2.24, 2.45) is 0 Å². The molecule has 0 fully saturated rings. The van der Waals surface area contributed by atoms with Crippen LogP contribution < -0.4 is 0 Å². The normalized spacial score (nSPS) is 13.2. The molecule has 0 saturated heterocycles. The first-order valence-corrected chi connectivity index (χ1v) is 7.76. The summed E-state index contributed by atoms with van der Waals surface area (Å²) >= 11 is 1.32. The Morgan fingerprint density at radius 3 is 2.79 bits per heavy atom. The molecule has 2 heterocycles. The standard InChI is InChI=1S/C15H12F3N3O2S/c1-8-12(24-14-19-7-20-21(8)14)9(2)23-13(22)10-4-3-5-11(6-10)15(16,17)18/h3-7,9H,1-2H3/t9-/m0/s1. The third kappa shape index (κ3) is 2.99. The maximum Gasteiger partial charge on any atom is 0.416 e. The summed E-state index contributed by atoms with van der Waals surface area (Å²) in [5.41, 5.74) is -0.259. The number of ether oxygens (including phenoxy) is 1. The van der Waals surface area contributed by atoms with E-state index in [0.29, 0.717) is 4.96 Å². The summed E-state index contributed by atoms with van der Waals surface area (Å²) in [5.74, 6) is -0.813. The summed E-state index contributed by atoms with van der Waals surface area (Å²) in [7, 11) is 0. The number of aromatic nitrogens is 3. The molecule has 9 heteroatoms. The number of rotatable bonds is 3. The fraction of sp³-hybridized carbons (Fsp3) is 0.267. The highest BCUT2D eigenvalue weighted by Gasteiger charge is 2.31. The maximum atomic E-state index is 12.7. The Kier molecular flexibility index (Phi) is 4.04. The minimum atomic E-state index is -4.51. The number of nitrogens with zero attached hydrogens (tertiary/aromatic N) is 3. The van der Waals surface area contributed by atoms with E-state index in [-0.39, 0.29) is 5.56 Å². The van der Waals surface area contributed by atoms with E-state index in [4.69, 9.17) is 4.74 Å². The van der Waals surface area contributed by atoms with Crippen molar-refractivity contribution < 1.29 is 22.7 Å². The fourth-order valence-electron chi connectivity index (χ4n) is 2.29. The monoisotopic (exact) mass is 355 g/mol. The summed E-state index contributed by atoms with van der Waals surface area (Å²) < 4.78 is 45.1. The van der Waals surface area contributed by atoms with Gasteiger partial charge in [-0.15, -0.1) is 0 Å². The lowest BCUT2D eigenvalue weighted by atomic mass is 10.1. The molecule has 5 nitrogen and oxygen atoms in total. The van der Waals surface area contributed by atoms with Crippen molar-refractivity contribution in [3.05, 3.63) is 52.3 Å². The van der Waals surface area contributed by atoms with Crippen molar-refractivity contribution in [2.45, 2.75) is 26.1 Å². The smallest absolute Gasteiger partial charge is 0.416 e. The average Bonchev–Trinajstić information content (AvgIpc) is 3.10. The van der Waals surface area contributed by atoms with Gasteiger partial charge < -0.3 is 4.74 Å². The lowest BCUT2D eigenvalue weighted by Gasteiger charge is -2.13. The molecule has 0 bridgehead atoms. The van der Waals surface area contributed by atoms with Crippen LogP contribution in [-0.4, -0.2) is 20.6 Å². The zero-order valence-corrected chi connectivity index (χ0v) is 13.5. The number of carbonyl (C=O) groups is 1. The van der Waals surface area contributed by atoms with Crippen molar-refractivity contribution in [3.63, 3.8) is 0 Å². The Bertz CT molecular complexity index is 901. The molecule has 1 atom stereocenters. The molecule has 0 spiro atoms. The number of benzene rings is 1. The van der Waals surface area contributed by atoms with Crippen molar-refractivity contribution >= 4 is 22.3 Å². The first kappa shape index (κ1) is 16.4. The van der Waals surface area contributed by atoms with E-state index in [1.807, 2.05) is 6.92 Å². The molecule has 2 aromatic heterocycles. The van der Waals surface area contributed by atoms with Gasteiger partial charge in [-0.1, -0.05) is 17.4 Å². The first-order chi connectivity index (χ1) is 11.3. The van der Waals surface area contributed by atoms with Gasteiger partial charge in [0.15, 0.2) is 0 Å². The van der Waals surface area contributed by atoms with E-state index in [2.05, 4.69) is 10.1 Å². The van der Waals surface area contributed by atoms with Gasteiger partial charge in [-0.25, -0.2) is 14.3 Å². The fourth-order valence-corrected chi connectivity index (χ4v) is 3.30. The van der Waals surface area contributed by atoms with E-state index in [9.17, 15) is 18.0 Å². The molecule has 0 N–H and O–H groups in total. The minimum Gasteiger partial charge on any atom is -0.453 e. The van der Waals surface area contributed by atoms with Gasteiger partial charge in [0.05, 0.1) is 21.7 Å². The molecule has 0 aliphatic rings. The molecule has 0 aliphatic heterocycles. The van der Waals surface area contributed by atoms with Crippen LogP contribution in [0.15, 0.2) is 30.6 Å². The van der Waals surface area contributed by atoms with Gasteiger partial charge in [0.25, 0.3) is 0 Å². The highest BCUT2D eigenvalue weighted by molar-refractivity contribution is 7.17. The molecule has 0 aliphatic carbocycles. The van der Waals surface area contributed by atoms with Gasteiger partial charge in [-0.2, -0.15) is 18.3 Å². The molecular weight excluding hydrogens is 343 g/mol. The van der Waals surface area contributed by atoms with Crippen LogP contribution in [-0.2, 0) is 10.9 Å². The van der Waals surface area contributed by atoms with Gasteiger partial charge >= 0.3 is 12.1 Å². The summed E-state index contributed by atoms with van der Waals surface area (Å²) in [4.78, 5) is 17.6. The molecule has 0 saturated carbocycles. The lowest BCUT2D eigenvalue weighted by Crippen LogP contribution is -2.11. The maximum absolute atomic E-state index is 12.7. The lowest BCUT2D eigenvalue weighted by molar-refractivity contribution is -0.137. The highest BCUT2D eigenvalue weighted by Crippen LogP contribution is 2.32. The Morgan fingerprint density at radius 2 is 2.12 bits per heavy atom. The molecule has 1 aromatic carbocycles. The number of aryl methyl sites for hydroxylation is 1. The SMILES string of the molecule is Cc1c([C@H](C)OC(=O)c2cccc(C(F)(F)F)c2)sc2ncnn12. The summed E-state index contributed by atoms with van der Waals surface area (Å²) in [6.45, 7) is 3.46. The van der Waals surface area contributed by atoms with E-state index in [0.717, 1.165) is 22.7 Å².